The smallest absolute Gasteiger partial charge is 0.163 e. The molecule has 0 saturated heterocycles. The zero-order chi connectivity index (χ0) is 17.9. The molecule has 1 N–H and O–H groups in total. The minimum Gasteiger partial charge on any atom is -0.486 e. The molecule has 0 amide bonds. The monoisotopic (exact) mass is 348 g/mol. The van der Waals surface area contributed by atoms with Crippen LogP contribution < -0.4 is 19.7 Å². The van der Waals surface area contributed by atoms with E-state index in [2.05, 4.69) is 32.3 Å². The van der Waals surface area contributed by atoms with Gasteiger partial charge in [-0.1, -0.05) is 12.1 Å². The van der Waals surface area contributed by atoms with Crippen LogP contribution >= 0.6 is 0 Å². The molecule has 1 aliphatic rings. The zero-order valence-corrected chi connectivity index (χ0v) is 14.8. The van der Waals surface area contributed by atoms with Crippen molar-refractivity contribution in [2.45, 2.75) is 0 Å². The summed E-state index contributed by atoms with van der Waals surface area (Å²) in [5, 5.41) is 3.30. The van der Waals surface area contributed by atoms with Gasteiger partial charge in [-0.05, 0) is 24.3 Å². The second-order valence-electron chi connectivity index (χ2n) is 6.22. The highest BCUT2D eigenvalue weighted by molar-refractivity contribution is 5.69. The highest BCUT2D eigenvalue weighted by Gasteiger charge is 2.12. The Morgan fingerprint density at radius 2 is 1.77 bits per heavy atom. The van der Waals surface area contributed by atoms with Gasteiger partial charge in [-0.2, -0.15) is 0 Å². The SMILES string of the molecule is CN(C)c1cccc(-c2cc(Nc3ccc4c(c3)OCCO4)ncn2)c1. The summed E-state index contributed by atoms with van der Waals surface area (Å²) in [6.45, 7) is 1.15. The fourth-order valence-corrected chi connectivity index (χ4v) is 2.80. The first-order valence-electron chi connectivity index (χ1n) is 8.45. The first-order chi connectivity index (χ1) is 12.7. The predicted molar refractivity (Wildman–Crippen MR) is 103 cm³/mol. The lowest BCUT2D eigenvalue weighted by Crippen LogP contribution is -2.15. The number of anilines is 3. The summed E-state index contributed by atoms with van der Waals surface area (Å²) in [7, 11) is 4.04. The molecule has 1 aliphatic heterocycles. The van der Waals surface area contributed by atoms with Crippen molar-refractivity contribution in [2.24, 2.45) is 0 Å². The molecule has 6 nitrogen and oxygen atoms in total. The summed E-state index contributed by atoms with van der Waals surface area (Å²) < 4.78 is 11.2. The van der Waals surface area contributed by atoms with Gasteiger partial charge in [0.05, 0.1) is 5.69 Å². The van der Waals surface area contributed by atoms with Gasteiger partial charge in [0.15, 0.2) is 11.5 Å². The maximum Gasteiger partial charge on any atom is 0.163 e. The molecule has 3 aromatic rings. The average Bonchev–Trinajstić information content (AvgIpc) is 2.68. The molecule has 0 saturated carbocycles. The van der Waals surface area contributed by atoms with Crippen molar-refractivity contribution in [2.75, 3.05) is 37.5 Å². The van der Waals surface area contributed by atoms with E-state index in [-0.39, 0.29) is 0 Å². The fraction of sp³-hybridized carbons (Fsp3) is 0.200. The van der Waals surface area contributed by atoms with Crippen LogP contribution in [0.3, 0.4) is 0 Å². The molecule has 0 unspecified atom stereocenters. The summed E-state index contributed by atoms with van der Waals surface area (Å²) in [5.41, 5.74) is 3.93. The Kier molecular flexibility index (Phi) is 4.31. The molecule has 0 spiro atoms. The number of benzene rings is 2. The van der Waals surface area contributed by atoms with Crippen LogP contribution in [0, 0.1) is 0 Å². The number of nitrogens with zero attached hydrogens (tertiary/aromatic N) is 3. The minimum atomic E-state index is 0.566. The van der Waals surface area contributed by atoms with Crippen molar-refractivity contribution in [1.29, 1.82) is 0 Å². The van der Waals surface area contributed by atoms with Gasteiger partial charge in [-0.15, -0.1) is 0 Å². The van der Waals surface area contributed by atoms with Crippen molar-refractivity contribution < 1.29 is 9.47 Å². The first kappa shape index (κ1) is 16.2. The molecule has 0 aliphatic carbocycles. The molecule has 26 heavy (non-hydrogen) atoms. The Bertz CT molecular complexity index is 927. The maximum atomic E-state index is 5.63. The van der Waals surface area contributed by atoms with E-state index >= 15 is 0 Å². The lowest BCUT2D eigenvalue weighted by molar-refractivity contribution is 0.171. The van der Waals surface area contributed by atoms with E-state index in [9.17, 15) is 0 Å². The largest absolute Gasteiger partial charge is 0.486 e. The average molecular weight is 348 g/mol. The highest BCUT2D eigenvalue weighted by Crippen LogP contribution is 2.33. The van der Waals surface area contributed by atoms with E-state index in [1.165, 1.54) is 0 Å². The molecule has 4 rings (SSSR count). The van der Waals surface area contributed by atoms with E-state index in [4.69, 9.17) is 9.47 Å². The summed E-state index contributed by atoms with van der Waals surface area (Å²) >= 11 is 0. The van der Waals surface area contributed by atoms with Gasteiger partial charge >= 0.3 is 0 Å². The predicted octanol–water partition coefficient (Wildman–Crippen LogP) is 3.72. The van der Waals surface area contributed by atoms with E-state index in [1.54, 1.807) is 6.33 Å². The quantitative estimate of drug-likeness (QED) is 0.775. The second kappa shape index (κ2) is 6.92. The summed E-state index contributed by atoms with van der Waals surface area (Å²) in [5.74, 6) is 2.24. The van der Waals surface area contributed by atoms with Gasteiger partial charge < -0.3 is 19.7 Å². The third-order valence-electron chi connectivity index (χ3n) is 4.14. The van der Waals surface area contributed by atoms with Crippen LogP contribution in [0.4, 0.5) is 17.2 Å². The third-order valence-corrected chi connectivity index (χ3v) is 4.14. The molecular weight excluding hydrogens is 328 g/mol. The topological polar surface area (TPSA) is 59.5 Å². The number of hydrogen-bond donors (Lipinski definition) is 1. The Balaban J connectivity index is 1.59. The Hall–Kier alpha value is -3.28. The summed E-state index contributed by atoms with van der Waals surface area (Å²) in [4.78, 5) is 10.8. The van der Waals surface area contributed by atoms with Gasteiger partial charge in [-0.25, -0.2) is 9.97 Å². The van der Waals surface area contributed by atoms with Gasteiger partial charge in [0.25, 0.3) is 0 Å². The Morgan fingerprint density at radius 3 is 2.62 bits per heavy atom. The lowest BCUT2D eigenvalue weighted by atomic mass is 10.1. The number of nitrogens with one attached hydrogen (secondary N) is 1. The molecule has 132 valence electrons. The van der Waals surface area contributed by atoms with Crippen molar-refractivity contribution in [1.82, 2.24) is 9.97 Å². The number of hydrogen-bond acceptors (Lipinski definition) is 6. The maximum absolute atomic E-state index is 5.63. The van der Waals surface area contributed by atoms with E-state index in [0.717, 1.165) is 39.9 Å². The molecule has 2 aromatic carbocycles. The third kappa shape index (κ3) is 3.39. The molecule has 2 heterocycles. The number of aromatic nitrogens is 2. The van der Waals surface area contributed by atoms with Crippen LogP contribution in [0.1, 0.15) is 0 Å². The van der Waals surface area contributed by atoms with Crippen LogP contribution in [0.25, 0.3) is 11.3 Å². The Morgan fingerprint density at radius 1 is 0.923 bits per heavy atom. The van der Waals surface area contributed by atoms with Crippen LogP contribution in [-0.2, 0) is 0 Å². The van der Waals surface area contributed by atoms with E-state index in [1.807, 2.05) is 50.5 Å². The summed E-state index contributed by atoms with van der Waals surface area (Å²) in [6, 6.07) is 16.0. The molecule has 6 heteroatoms. The Labute approximate surface area is 152 Å². The molecule has 1 aromatic heterocycles. The molecular formula is C20H20N4O2. The lowest BCUT2D eigenvalue weighted by Gasteiger charge is -2.19. The van der Waals surface area contributed by atoms with E-state index in [0.29, 0.717) is 13.2 Å². The van der Waals surface area contributed by atoms with Crippen molar-refractivity contribution >= 4 is 17.2 Å². The zero-order valence-electron chi connectivity index (χ0n) is 14.8. The standard InChI is InChI=1S/C20H20N4O2/c1-24(2)16-5-3-4-14(10-16)17-12-20(22-13-21-17)23-15-6-7-18-19(11-15)26-9-8-25-18/h3-7,10-13H,8-9H2,1-2H3,(H,21,22,23). The molecule has 0 fully saturated rings. The fourth-order valence-electron chi connectivity index (χ4n) is 2.80. The normalized spacial score (nSPS) is 12.5. The van der Waals surface area contributed by atoms with Crippen LogP contribution in [-0.4, -0.2) is 37.3 Å². The van der Waals surface area contributed by atoms with Crippen LogP contribution in [0.5, 0.6) is 11.5 Å². The van der Waals surface area contributed by atoms with Gasteiger partial charge in [-0.3, -0.25) is 0 Å². The molecule has 0 radical (unpaired) electrons. The second-order valence-corrected chi connectivity index (χ2v) is 6.22. The van der Waals surface area contributed by atoms with Gasteiger partial charge in [0, 0.05) is 43.2 Å². The van der Waals surface area contributed by atoms with Gasteiger partial charge in [0.2, 0.25) is 0 Å². The van der Waals surface area contributed by atoms with Crippen LogP contribution in [0.15, 0.2) is 54.9 Å². The minimum absolute atomic E-state index is 0.566. The van der Waals surface area contributed by atoms with Crippen molar-refractivity contribution in [3.05, 3.63) is 54.9 Å². The number of fused-ring (bicyclic) bond motifs is 1. The van der Waals surface area contributed by atoms with Crippen molar-refractivity contribution in [3.8, 4) is 22.8 Å². The van der Waals surface area contributed by atoms with Gasteiger partial charge in [0.1, 0.15) is 25.4 Å². The van der Waals surface area contributed by atoms with E-state index < -0.39 is 0 Å². The number of ether oxygens (including phenoxy) is 2. The summed E-state index contributed by atoms with van der Waals surface area (Å²) in [6.07, 6.45) is 1.57. The molecule has 0 bridgehead atoms. The van der Waals surface area contributed by atoms with Crippen molar-refractivity contribution in [3.63, 3.8) is 0 Å². The first-order valence-corrected chi connectivity index (χ1v) is 8.45. The van der Waals surface area contributed by atoms with Crippen LogP contribution in [0.2, 0.25) is 0 Å². The highest BCUT2D eigenvalue weighted by atomic mass is 16.6. The molecule has 0 atom stereocenters. The number of rotatable bonds is 4.